The van der Waals surface area contributed by atoms with E-state index in [1.165, 1.54) is 0 Å². The van der Waals surface area contributed by atoms with Crippen LogP contribution in [0.5, 0.6) is 0 Å². The van der Waals surface area contributed by atoms with Crippen molar-refractivity contribution in [3.63, 3.8) is 0 Å². The van der Waals surface area contributed by atoms with Crippen LogP contribution >= 0.6 is 31.9 Å². The standard InChI is InChI=1S/C11H12Br2F2N2/c1-7-8(4-9(12)10(13)16-7)5-17-3-2-11(14,15)6-17/h4H,2-3,5-6H2,1H3. The van der Waals surface area contributed by atoms with Crippen LogP contribution in [0.3, 0.4) is 0 Å². The minimum Gasteiger partial charge on any atom is -0.293 e. The molecule has 1 aliphatic heterocycles. The van der Waals surface area contributed by atoms with Crippen LogP contribution in [0.2, 0.25) is 0 Å². The van der Waals surface area contributed by atoms with E-state index in [-0.39, 0.29) is 13.0 Å². The van der Waals surface area contributed by atoms with Gasteiger partial charge in [-0.15, -0.1) is 0 Å². The lowest BCUT2D eigenvalue weighted by molar-refractivity contribution is 0.0115. The van der Waals surface area contributed by atoms with E-state index in [1.807, 2.05) is 13.0 Å². The highest BCUT2D eigenvalue weighted by Crippen LogP contribution is 2.29. The van der Waals surface area contributed by atoms with Crippen molar-refractivity contribution in [1.82, 2.24) is 9.88 Å². The van der Waals surface area contributed by atoms with E-state index in [9.17, 15) is 8.78 Å². The second-order valence-corrected chi connectivity index (χ2v) is 5.93. The summed E-state index contributed by atoms with van der Waals surface area (Å²) in [4.78, 5) is 6.08. The summed E-state index contributed by atoms with van der Waals surface area (Å²) in [5, 5.41) is 0. The van der Waals surface area contributed by atoms with Crippen LogP contribution in [-0.2, 0) is 6.54 Å². The normalized spacial score (nSPS) is 19.8. The van der Waals surface area contributed by atoms with Crippen molar-refractivity contribution in [2.45, 2.75) is 25.8 Å². The van der Waals surface area contributed by atoms with E-state index in [2.05, 4.69) is 36.8 Å². The van der Waals surface area contributed by atoms with Crippen LogP contribution in [0, 0.1) is 6.92 Å². The number of nitrogens with zero attached hydrogens (tertiary/aromatic N) is 2. The van der Waals surface area contributed by atoms with E-state index in [0.717, 1.165) is 20.3 Å². The number of alkyl halides is 2. The van der Waals surface area contributed by atoms with Gasteiger partial charge in [0.2, 0.25) is 0 Å². The van der Waals surface area contributed by atoms with Gasteiger partial charge in [-0.05, 0) is 50.4 Å². The maximum absolute atomic E-state index is 13.1. The Bertz CT molecular complexity index is 438. The maximum Gasteiger partial charge on any atom is 0.261 e. The van der Waals surface area contributed by atoms with E-state index in [0.29, 0.717) is 13.1 Å². The van der Waals surface area contributed by atoms with Gasteiger partial charge in [-0.25, -0.2) is 13.8 Å². The van der Waals surface area contributed by atoms with E-state index in [1.54, 1.807) is 4.90 Å². The SMILES string of the molecule is Cc1nc(Br)c(Br)cc1CN1CCC(F)(F)C1. The largest absolute Gasteiger partial charge is 0.293 e. The average Bonchev–Trinajstić information content (AvgIpc) is 2.54. The first-order valence-corrected chi connectivity index (χ1v) is 6.88. The van der Waals surface area contributed by atoms with E-state index >= 15 is 0 Å². The predicted molar refractivity (Wildman–Crippen MR) is 69.2 cm³/mol. The van der Waals surface area contributed by atoms with Crippen LogP contribution in [-0.4, -0.2) is 28.9 Å². The van der Waals surface area contributed by atoms with Crippen molar-refractivity contribution in [2.24, 2.45) is 0 Å². The first-order chi connectivity index (χ1) is 7.87. The Morgan fingerprint density at radius 3 is 2.76 bits per heavy atom. The van der Waals surface area contributed by atoms with Gasteiger partial charge in [0, 0.05) is 25.2 Å². The van der Waals surface area contributed by atoms with Crippen molar-refractivity contribution < 1.29 is 8.78 Å². The molecule has 0 amide bonds. The quantitative estimate of drug-likeness (QED) is 0.738. The molecule has 17 heavy (non-hydrogen) atoms. The van der Waals surface area contributed by atoms with E-state index < -0.39 is 5.92 Å². The zero-order valence-corrected chi connectivity index (χ0v) is 12.5. The number of pyridine rings is 1. The molecule has 2 heterocycles. The molecule has 0 unspecified atom stereocenters. The molecule has 0 aromatic carbocycles. The number of aromatic nitrogens is 1. The summed E-state index contributed by atoms with van der Waals surface area (Å²) in [6.45, 7) is 2.71. The molecule has 2 rings (SSSR count). The number of rotatable bonds is 2. The molecule has 2 nitrogen and oxygen atoms in total. The topological polar surface area (TPSA) is 16.1 Å². The zero-order valence-electron chi connectivity index (χ0n) is 9.31. The highest BCUT2D eigenvalue weighted by atomic mass is 79.9. The van der Waals surface area contributed by atoms with Crippen molar-refractivity contribution >= 4 is 31.9 Å². The van der Waals surface area contributed by atoms with Gasteiger partial charge < -0.3 is 0 Å². The van der Waals surface area contributed by atoms with Crippen molar-refractivity contribution in [2.75, 3.05) is 13.1 Å². The lowest BCUT2D eigenvalue weighted by Gasteiger charge is -2.17. The highest BCUT2D eigenvalue weighted by molar-refractivity contribution is 9.13. The van der Waals surface area contributed by atoms with Gasteiger partial charge in [0.25, 0.3) is 5.92 Å². The van der Waals surface area contributed by atoms with Gasteiger partial charge in [0.1, 0.15) is 4.60 Å². The molecule has 0 N–H and O–H groups in total. The minimum atomic E-state index is -2.53. The number of hydrogen-bond acceptors (Lipinski definition) is 2. The molecule has 94 valence electrons. The molecule has 0 spiro atoms. The first kappa shape index (κ1) is 13.4. The minimum absolute atomic E-state index is 0.0445. The molecular weight excluding hydrogens is 358 g/mol. The van der Waals surface area contributed by atoms with Gasteiger partial charge in [-0.3, -0.25) is 4.90 Å². The Morgan fingerprint density at radius 2 is 2.18 bits per heavy atom. The molecule has 0 radical (unpaired) electrons. The van der Waals surface area contributed by atoms with Gasteiger partial charge in [0.15, 0.2) is 0 Å². The molecule has 1 aliphatic rings. The molecule has 0 saturated carbocycles. The summed E-state index contributed by atoms with van der Waals surface area (Å²) in [5.74, 6) is -2.53. The van der Waals surface area contributed by atoms with Crippen LogP contribution in [0.1, 0.15) is 17.7 Å². The van der Waals surface area contributed by atoms with Gasteiger partial charge in [-0.1, -0.05) is 0 Å². The summed E-state index contributed by atoms with van der Waals surface area (Å²) >= 11 is 6.70. The molecule has 1 saturated heterocycles. The molecule has 1 fully saturated rings. The number of likely N-dealkylation sites (tertiary alicyclic amines) is 1. The van der Waals surface area contributed by atoms with Crippen LogP contribution < -0.4 is 0 Å². The summed E-state index contributed by atoms with van der Waals surface area (Å²) in [6, 6.07) is 1.93. The Labute approximate surface area is 116 Å². The second kappa shape index (κ2) is 4.90. The smallest absolute Gasteiger partial charge is 0.261 e. The van der Waals surface area contributed by atoms with E-state index in [4.69, 9.17) is 0 Å². The summed E-state index contributed by atoms with van der Waals surface area (Å²) in [5.41, 5.74) is 1.85. The Balaban J connectivity index is 2.12. The lowest BCUT2D eigenvalue weighted by atomic mass is 10.2. The van der Waals surface area contributed by atoms with Gasteiger partial charge >= 0.3 is 0 Å². The zero-order chi connectivity index (χ0) is 12.6. The van der Waals surface area contributed by atoms with Crippen LogP contribution in [0.15, 0.2) is 15.1 Å². The molecule has 6 heteroatoms. The molecule has 1 aromatic rings. The van der Waals surface area contributed by atoms with Gasteiger partial charge in [0.05, 0.1) is 11.0 Å². The highest BCUT2D eigenvalue weighted by Gasteiger charge is 2.38. The predicted octanol–water partition coefficient (Wildman–Crippen LogP) is 3.76. The number of hydrogen-bond donors (Lipinski definition) is 0. The first-order valence-electron chi connectivity index (χ1n) is 5.29. The maximum atomic E-state index is 13.1. The Kier molecular flexibility index (Phi) is 3.85. The van der Waals surface area contributed by atoms with Crippen molar-refractivity contribution in [3.05, 3.63) is 26.4 Å². The van der Waals surface area contributed by atoms with Gasteiger partial charge in [-0.2, -0.15) is 0 Å². The van der Waals surface area contributed by atoms with Crippen LogP contribution in [0.4, 0.5) is 8.78 Å². The third-order valence-electron chi connectivity index (χ3n) is 2.87. The lowest BCUT2D eigenvalue weighted by Crippen LogP contribution is -2.25. The molecule has 0 bridgehead atoms. The average molecular weight is 370 g/mol. The summed E-state index contributed by atoms with van der Waals surface area (Å²) < 4.78 is 27.7. The number of aryl methyl sites for hydroxylation is 1. The fourth-order valence-electron chi connectivity index (χ4n) is 1.93. The Morgan fingerprint density at radius 1 is 1.47 bits per heavy atom. The molecule has 1 aromatic heterocycles. The second-order valence-electron chi connectivity index (χ2n) is 4.32. The summed E-state index contributed by atoms with van der Waals surface area (Å²) in [7, 11) is 0. The third kappa shape index (κ3) is 3.23. The number of halogens is 4. The van der Waals surface area contributed by atoms with Crippen molar-refractivity contribution in [3.8, 4) is 0 Å². The fourth-order valence-corrected chi connectivity index (χ4v) is 2.68. The summed E-state index contributed by atoms with van der Waals surface area (Å²) in [6.07, 6.45) is -0.0445. The molecule has 0 atom stereocenters. The fraction of sp³-hybridized carbons (Fsp3) is 0.545. The molecule has 0 aliphatic carbocycles. The monoisotopic (exact) mass is 368 g/mol. The van der Waals surface area contributed by atoms with Crippen LogP contribution in [0.25, 0.3) is 0 Å². The Hall–Kier alpha value is -0.0700. The van der Waals surface area contributed by atoms with Crippen molar-refractivity contribution in [1.29, 1.82) is 0 Å². The third-order valence-corrected chi connectivity index (χ3v) is 4.61. The molecular formula is C11H12Br2F2N2.